The monoisotopic (exact) mass is 498 g/mol. The molecule has 3 N–H and O–H groups in total. The number of benzene rings is 1. The third-order valence-electron chi connectivity index (χ3n) is 5.79. The van der Waals surface area contributed by atoms with Crippen molar-refractivity contribution in [1.82, 2.24) is 9.21 Å². The first-order chi connectivity index (χ1) is 14.8. The first-order valence-corrected chi connectivity index (χ1v) is 12.6. The molecule has 1 saturated heterocycles. The van der Waals surface area contributed by atoms with Gasteiger partial charge in [0.25, 0.3) is 11.8 Å². The number of thiophene rings is 1. The van der Waals surface area contributed by atoms with Crippen LogP contribution in [-0.2, 0) is 23.0 Å². The number of rotatable bonds is 5. The van der Waals surface area contributed by atoms with E-state index in [1.165, 1.54) is 39.9 Å². The SMILES string of the molecule is CN1CCc2c(sc(NC(=O)c3ccc(S(=O)(=O)N4CCCCC4)cc3)c2C(N)=O)C1.Cl. The molecule has 0 radical (unpaired) electrons. The first-order valence-electron chi connectivity index (χ1n) is 10.3. The second kappa shape index (κ2) is 9.88. The Morgan fingerprint density at radius 1 is 1.06 bits per heavy atom. The van der Waals surface area contributed by atoms with Crippen molar-refractivity contribution in [1.29, 1.82) is 0 Å². The fourth-order valence-electron chi connectivity index (χ4n) is 4.09. The third-order valence-corrected chi connectivity index (χ3v) is 8.84. The summed E-state index contributed by atoms with van der Waals surface area (Å²) in [6.45, 7) is 2.58. The van der Waals surface area contributed by atoms with Gasteiger partial charge in [0.05, 0.1) is 10.5 Å². The second-order valence-electron chi connectivity index (χ2n) is 8.00. The average Bonchev–Trinajstić information content (AvgIpc) is 3.11. The van der Waals surface area contributed by atoms with Crippen molar-refractivity contribution in [3.63, 3.8) is 0 Å². The van der Waals surface area contributed by atoms with Gasteiger partial charge in [0.1, 0.15) is 5.00 Å². The Labute approximate surface area is 198 Å². The summed E-state index contributed by atoms with van der Waals surface area (Å²) in [5.74, 6) is -0.961. The maximum Gasteiger partial charge on any atom is 0.256 e. The van der Waals surface area contributed by atoms with Crippen LogP contribution >= 0.6 is 23.7 Å². The van der Waals surface area contributed by atoms with E-state index in [-0.39, 0.29) is 17.3 Å². The molecule has 0 aliphatic carbocycles. The van der Waals surface area contributed by atoms with E-state index >= 15 is 0 Å². The molecule has 1 aromatic carbocycles. The van der Waals surface area contributed by atoms with Crippen LogP contribution in [0.5, 0.6) is 0 Å². The summed E-state index contributed by atoms with van der Waals surface area (Å²) in [6, 6.07) is 5.92. The van der Waals surface area contributed by atoms with Crippen molar-refractivity contribution in [2.75, 3.05) is 32.0 Å². The summed E-state index contributed by atoms with van der Waals surface area (Å²) in [4.78, 5) is 28.2. The van der Waals surface area contributed by atoms with Gasteiger partial charge in [-0.05, 0) is 56.1 Å². The van der Waals surface area contributed by atoms with Crippen molar-refractivity contribution in [2.24, 2.45) is 5.73 Å². The van der Waals surface area contributed by atoms with Crippen LogP contribution < -0.4 is 11.1 Å². The van der Waals surface area contributed by atoms with Crippen LogP contribution in [0.4, 0.5) is 5.00 Å². The Morgan fingerprint density at radius 3 is 2.34 bits per heavy atom. The standard InChI is InChI=1S/C21H26N4O4S2.ClH/c1-24-12-9-16-17(13-24)30-21(18(16)19(22)26)23-20(27)14-5-7-15(8-6-14)31(28,29)25-10-3-2-4-11-25;/h5-8H,2-4,9-13H2,1H3,(H2,22,26)(H,23,27);1H. The van der Waals surface area contributed by atoms with E-state index in [0.29, 0.717) is 42.2 Å². The molecule has 0 spiro atoms. The van der Waals surface area contributed by atoms with E-state index in [1.54, 1.807) is 0 Å². The number of anilines is 1. The highest BCUT2D eigenvalue weighted by atomic mass is 35.5. The molecule has 3 heterocycles. The molecule has 0 saturated carbocycles. The third kappa shape index (κ3) is 4.84. The molecule has 8 nitrogen and oxygen atoms in total. The number of carbonyl (C=O) groups excluding carboxylic acids is 2. The highest BCUT2D eigenvalue weighted by molar-refractivity contribution is 7.89. The highest BCUT2D eigenvalue weighted by Crippen LogP contribution is 2.37. The molecule has 1 aromatic heterocycles. The predicted octanol–water partition coefficient (Wildman–Crippen LogP) is 2.68. The molecular weight excluding hydrogens is 472 g/mol. The Morgan fingerprint density at radius 2 is 1.72 bits per heavy atom. The topological polar surface area (TPSA) is 113 Å². The molecule has 11 heteroatoms. The van der Waals surface area contributed by atoms with Crippen molar-refractivity contribution in [3.8, 4) is 0 Å². The fraction of sp³-hybridized carbons (Fsp3) is 0.429. The number of primary amides is 1. The number of carbonyl (C=O) groups is 2. The lowest BCUT2D eigenvalue weighted by molar-refractivity contribution is 0.1000. The minimum absolute atomic E-state index is 0. The number of hydrogen-bond acceptors (Lipinski definition) is 6. The number of nitrogens with zero attached hydrogens (tertiary/aromatic N) is 2. The summed E-state index contributed by atoms with van der Waals surface area (Å²) in [5, 5.41) is 3.25. The number of hydrogen-bond donors (Lipinski definition) is 2. The Hall–Kier alpha value is -1.98. The summed E-state index contributed by atoms with van der Waals surface area (Å²) in [7, 11) is -1.55. The minimum Gasteiger partial charge on any atom is -0.365 e. The molecule has 2 aromatic rings. The number of amides is 2. The van der Waals surface area contributed by atoms with Crippen LogP contribution in [0.3, 0.4) is 0 Å². The van der Waals surface area contributed by atoms with Gasteiger partial charge in [-0.1, -0.05) is 6.42 Å². The van der Waals surface area contributed by atoms with E-state index in [9.17, 15) is 18.0 Å². The number of likely N-dealkylation sites (N-methyl/N-ethyl adjacent to an activating group) is 1. The Bertz CT molecular complexity index is 1110. The number of sulfonamides is 1. The number of piperidine rings is 1. The largest absolute Gasteiger partial charge is 0.365 e. The van der Waals surface area contributed by atoms with Gasteiger partial charge in [-0.15, -0.1) is 23.7 Å². The molecule has 0 atom stereocenters. The summed E-state index contributed by atoms with van der Waals surface area (Å²) >= 11 is 1.37. The average molecular weight is 499 g/mol. The van der Waals surface area contributed by atoms with Crippen molar-refractivity contribution in [2.45, 2.75) is 37.1 Å². The molecule has 32 heavy (non-hydrogen) atoms. The maximum absolute atomic E-state index is 12.8. The number of fused-ring (bicyclic) bond motifs is 1. The lowest BCUT2D eigenvalue weighted by Crippen LogP contribution is -2.35. The van der Waals surface area contributed by atoms with Crippen LogP contribution in [0.1, 0.15) is 50.4 Å². The molecule has 0 bridgehead atoms. The smallest absolute Gasteiger partial charge is 0.256 e. The quantitative estimate of drug-likeness (QED) is 0.658. The van der Waals surface area contributed by atoms with E-state index in [4.69, 9.17) is 5.73 Å². The normalized spacial score (nSPS) is 17.3. The molecule has 174 valence electrons. The number of halogens is 1. The highest BCUT2D eigenvalue weighted by Gasteiger charge is 2.28. The van der Waals surface area contributed by atoms with Gasteiger partial charge in [-0.2, -0.15) is 4.31 Å². The summed E-state index contributed by atoms with van der Waals surface area (Å²) < 4.78 is 27.1. The van der Waals surface area contributed by atoms with E-state index in [1.807, 2.05) is 7.05 Å². The van der Waals surface area contributed by atoms with Gasteiger partial charge in [-0.25, -0.2) is 8.42 Å². The van der Waals surface area contributed by atoms with Crippen molar-refractivity contribution < 1.29 is 18.0 Å². The second-order valence-corrected chi connectivity index (χ2v) is 11.0. The van der Waals surface area contributed by atoms with Crippen LogP contribution in [0.2, 0.25) is 0 Å². The zero-order chi connectivity index (χ0) is 22.2. The van der Waals surface area contributed by atoms with Crippen LogP contribution in [0.25, 0.3) is 0 Å². The Kier molecular flexibility index (Phi) is 7.61. The number of nitrogens with two attached hydrogens (primary N) is 1. The van der Waals surface area contributed by atoms with Crippen LogP contribution in [0, 0.1) is 0 Å². The molecule has 0 unspecified atom stereocenters. The molecule has 1 fully saturated rings. The van der Waals surface area contributed by atoms with E-state index < -0.39 is 21.8 Å². The fourth-order valence-corrected chi connectivity index (χ4v) is 6.93. The molecule has 2 amide bonds. The lowest BCUT2D eigenvalue weighted by atomic mass is 10.0. The summed E-state index contributed by atoms with van der Waals surface area (Å²) in [6.07, 6.45) is 3.48. The van der Waals surface area contributed by atoms with Gasteiger partial charge >= 0.3 is 0 Å². The number of nitrogens with one attached hydrogen (secondary N) is 1. The zero-order valence-electron chi connectivity index (χ0n) is 17.8. The van der Waals surface area contributed by atoms with Gasteiger partial charge in [0.2, 0.25) is 10.0 Å². The zero-order valence-corrected chi connectivity index (χ0v) is 20.2. The van der Waals surface area contributed by atoms with Crippen molar-refractivity contribution in [3.05, 3.63) is 45.8 Å². The van der Waals surface area contributed by atoms with Gasteiger partial charge < -0.3 is 16.0 Å². The van der Waals surface area contributed by atoms with E-state index in [0.717, 1.165) is 36.2 Å². The Balaban J connectivity index is 0.00000289. The van der Waals surface area contributed by atoms with E-state index in [2.05, 4.69) is 10.2 Å². The minimum atomic E-state index is -3.55. The molecule has 4 rings (SSSR count). The summed E-state index contributed by atoms with van der Waals surface area (Å²) in [5.41, 5.74) is 7.21. The molecular formula is C21H27ClN4O4S2. The first kappa shape index (κ1) is 24.7. The van der Waals surface area contributed by atoms with Gasteiger partial charge in [-0.3, -0.25) is 9.59 Å². The molecule has 2 aliphatic heterocycles. The predicted molar refractivity (Wildman–Crippen MR) is 127 cm³/mol. The van der Waals surface area contributed by atoms with Crippen molar-refractivity contribution >= 4 is 50.6 Å². The molecule has 2 aliphatic rings. The lowest BCUT2D eigenvalue weighted by Gasteiger charge is -2.25. The maximum atomic E-state index is 12.8. The van der Waals surface area contributed by atoms with Crippen LogP contribution in [0.15, 0.2) is 29.2 Å². The van der Waals surface area contributed by atoms with Gasteiger partial charge in [0, 0.05) is 36.6 Å². The van der Waals surface area contributed by atoms with Gasteiger partial charge in [0.15, 0.2) is 0 Å². The van der Waals surface area contributed by atoms with Crippen LogP contribution in [-0.4, -0.2) is 56.1 Å².